The van der Waals surface area contributed by atoms with Crippen molar-refractivity contribution in [2.24, 2.45) is 0 Å². The molecule has 0 atom stereocenters. The zero-order valence-corrected chi connectivity index (χ0v) is 13.5. The molecule has 0 unspecified atom stereocenters. The van der Waals surface area contributed by atoms with E-state index in [2.05, 4.69) is 27.9 Å². The highest BCUT2D eigenvalue weighted by Crippen LogP contribution is 2.18. The molecule has 0 aliphatic heterocycles. The highest BCUT2D eigenvalue weighted by atomic mass is 127. The van der Waals surface area contributed by atoms with Gasteiger partial charge in [0.05, 0.1) is 0 Å². The molecule has 0 heterocycles. The van der Waals surface area contributed by atoms with Crippen molar-refractivity contribution in [3.05, 3.63) is 68.3 Å². The maximum absolute atomic E-state index is 11.6. The number of carbonyl (C=O) groups is 1. The van der Waals surface area contributed by atoms with Crippen molar-refractivity contribution in [2.75, 3.05) is 0 Å². The van der Waals surface area contributed by atoms with E-state index < -0.39 is 6.09 Å². The van der Waals surface area contributed by atoms with E-state index >= 15 is 0 Å². The number of alkyl carbamates (subject to hydrolysis) is 1. The van der Waals surface area contributed by atoms with Crippen LogP contribution in [0, 0.1) is 3.57 Å². The normalized spacial score (nSPS) is 10.1. The maximum Gasteiger partial charge on any atom is 0.407 e. The van der Waals surface area contributed by atoms with Gasteiger partial charge in [0, 0.05) is 15.1 Å². The van der Waals surface area contributed by atoms with Gasteiger partial charge in [-0.3, -0.25) is 0 Å². The van der Waals surface area contributed by atoms with E-state index in [1.165, 1.54) is 0 Å². The van der Waals surface area contributed by atoms with Crippen molar-refractivity contribution in [2.45, 2.75) is 13.2 Å². The molecular weight excluding hydrogens is 389 g/mol. The van der Waals surface area contributed by atoms with E-state index in [1.807, 2.05) is 48.5 Å². The van der Waals surface area contributed by atoms with Gasteiger partial charge in [-0.15, -0.1) is 0 Å². The Morgan fingerprint density at radius 3 is 2.65 bits per heavy atom. The molecule has 0 radical (unpaired) electrons. The summed E-state index contributed by atoms with van der Waals surface area (Å²) in [5, 5.41) is 3.32. The third-order valence-corrected chi connectivity index (χ3v) is 3.67. The van der Waals surface area contributed by atoms with Gasteiger partial charge >= 0.3 is 6.09 Å². The van der Waals surface area contributed by atoms with Gasteiger partial charge in [0.2, 0.25) is 0 Å². The maximum atomic E-state index is 11.6. The summed E-state index contributed by atoms with van der Waals surface area (Å²) in [6.07, 6.45) is -0.455. The summed E-state index contributed by atoms with van der Waals surface area (Å²) >= 11 is 8.28. The number of carbonyl (C=O) groups excluding carboxylic acids is 1. The lowest BCUT2D eigenvalue weighted by atomic mass is 10.2. The van der Waals surface area contributed by atoms with Crippen LogP contribution in [0.1, 0.15) is 11.1 Å². The predicted octanol–water partition coefficient (Wildman–Crippen LogP) is 4.37. The van der Waals surface area contributed by atoms with Gasteiger partial charge in [0.1, 0.15) is 6.61 Å². The molecule has 0 saturated heterocycles. The average Bonchev–Trinajstić information content (AvgIpc) is 2.45. The Kier molecular flexibility index (Phi) is 5.67. The van der Waals surface area contributed by atoms with Crippen LogP contribution in [-0.4, -0.2) is 6.09 Å². The van der Waals surface area contributed by atoms with Gasteiger partial charge in [-0.25, -0.2) is 4.79 Å². The molecule has 2 aromatic rings. The first-order chi connectivity index (χ1) is 9.65. The van der Waals surface area contributed by atoms with Crippen LogP contribution in [0.2, 0.25) is 5.02 Å². The molecule has 20 heavy (non-hydrogen) atoms. The molecule has 2 rings (SSSR count). The van der Waals surface area contributed by atoms with E-state index in [4.69, 9.17) is 16.3 Å². The summed E-state index contributed by atoms with van der Waals surface area (Å²) in [5.74, 6) is 0. The van der Waals surface area contributed by atoms with Crippen LogP contribution in [-0.2, 0) is 17.9 Å². The van der Waals surface area contributed by atoms with Crippen LogP contribution >= 0.6 is 34.2 Å². The van der Waals surface area contributed by atoms with Crippen LogP contribution in [0.3, 0.4) is 0 Å². The molecule has 2 aromatic carbocycles. The summed E-state index contributed by atoms with van der Waals surface area (Å²) in [5.41, 5.74) is 1.82. The third kappa shape index (κ3) is 4.68. The number of amides is 1. The first kappa shape index (κ1) is 15.1. The molecule has 0 fully saturated rings. The largest absolute Gasteiger partial charge is 0.445 e. The molecule has 0 aliphatic carbocycles. The van der Waals surface area contributed by atoms with Crippen molar-refractivity contribution >= 4 is 40.3 Å². The van der Waals surface area contributed by atoms with Crippen molar-refractivity contribution < 1.29 is 9.53 Å². The van der Waals surface area contributed by atoms with E-state index in [1.54, 1.807) is 0 Å². The van der Waals surface area contributed by atoms with Gasteiger partial charge in [0.25, 0.3) is 0 Å². The fourth-order valence-electron chi connectivity index (χ4n) is 1.61. The van der Waals surface area contributed by atoms with Crippen LogP contribution in [0.4, 0.5) is 4.79 Å². The zero-order chi connectivity index (χ0) is 14.4. The van der Waals surface area contributed by atoms with Crippen molar-refractivity contribution in [1.82, 2.24) is 5.32 Å². The fraction of sp³-hybridized carbons (Fsp3) is 0.133. The van der Waals surface area contributed by atoms with Crippen LogP contribution in [0.15, 0.2) is 48.5 Å². The van der Waals surface area contributed by atoms with Gasteiger partial charge in [-0.1, -0.05) is 48.0 Å². The minimum Gasteiger partial charge on any atom is -0.445 e. The monoisotopic (exact) mass is 401 g/mol. The van der Waals surface area contributed by atoms with Gasteiger partial charge in [-0.2, -0.15) is 0 Å². The number of benzene rings is 2. The van der Waals surface area contributed by atoms with Crippen LogP contribution in [0.5, 0.6) is 0 Å². The standard InChI is InChI=1S/C15H13ClINO2/c16-14-8-13(17)7-6-12(14)9-18-15(19)20-10-11-4-2-1-3-5-11/h1-8H,9-10H2,(H,18,19). The first-order valence-corrected chi connectivity index (χ1v) is 7.49. The number of hydrogen-bond acceptors (Lipinski definition) is 2. The molecule has 3 nitrogen and oxygen atoms in total. The highest BCUT2D eigenvalue weighted by molar-refractivity contribution is 14.1. The van der Waals surface area contributed by atoms with E-state index in [0.717, 1.165) is 14.7 Å². The van der Waals surface area contributed by atoms with Crippen molar-refractivity contribution in [1.29, 1.82) is 0 Å². The SMILES string of the molecule is O=C(NCc1ccc(I)cc1Cl)OCc1ccccc1. The van der Waals surface area contributed by atoms with Gasteiger partial charge < -0.3 is 10.1 Å². The summed E-state index contributed by atoms with van der Waals surface area (Å²) in [6, 6.07) is 15.2. The molecular formula is C15H13ClINO2. The fourth-order valence-corrected chi connectivity index (χ4v) is 2.53. The number of ether oxygens (including phenoxy) is 1. The second-order valence-electron chi connectivity index (χ2n) is 4.15. The Labute approximate surface area is 136 Å². The smallest absolute Gasteiger partial charge is 0.407 e. The minimum atomic E-state index is -0.455. The van der Waals surface area contributed by atoms with E-state index in [-0.39, 0.29) is 6.61 Å². The lowest BCUT2D eigenvalue weighted by Crippen LogP contribution is -2.23. The molecule has 5 heteroatoms. The highest BCUT2D eigenvalue weighted by Gasteiger charge is 2.05. The quantitative estimate of drug-likeness (QED) is 0.773. The topological polar surface area (TPSA) is 38.3 Å². The molecule has 0 spiro atoms. The molecule has 0 saturated carbocycles. The molecule has 1 N–H and O–H groups in total. The minimum absolute atomic E-state index is 0.257. The second-order valence-corrected chi connectivity index (χ2v) is 5.80. The molecule has 0 bridgehead atoms. The van der Waals surface area contributed by atoms with Crippen molar-refractivity contribution in [3.8, 4) is 0 Å². The van der Waals surface area contributed by atoms with Crippen molar-refractivity contribution in [3.63, 3.8) is 0 Å². The second kappa shape index (κ2) is 7.50. The summed E-state index contributed by atoms with van der Waals surface area (Å²) in [6.45, 7) is 0.608. The lowest BCUT2D eigenvalue weighted by molar-refractivity contribution is 0.139. The molecule has 0 aromatic heterocycles. The van der Waals surface area contributed by atoms with Crippen LogP contribution in [0.25, 0.3) is 0 Å². The Balaban J connectivity index is 1.80. The molecule has 1 amide bonds. The number of rotatable bonds is 4. The number of nitrogens with one attached hydrogen (secondary N) is 1. The first-order valence-electron chi connectivity index (χ1n) is 6.03. The Morgan fingerprint density at radius 2 is 1.95 bits per heavy atom. The molecule has 0 aliphatic rings. The third-order valence-electron chi connectivity index (χ3n) is 2.65. The number of hydrogen-bond donors (Lipinski definition) is 1. The van der Waals surface area contributed by atoms with E-state index in [9.17, 15) is 4.79 Å². The Hall–Kier alpha value is -1.27. The van der Waals surface area contributed by atoms with Crippen LogP contribution < -0.4 is 5.32 Å². The Morgan fingerprint density at radius 1 is 1.20 bits per heavy atom. The summed E-state index contributed by atoms with van der Waals surface area (Å²) in [7, 11) is 0. The lowest BCUT2D eigenvalue weighted by Gasteiger charge is -2.08. The van der Waals surface area contributed by atoms with Gasteiger partial charge in [-0.05, 0) is 45.9 Å². The van der Waals surface area contributed by atoms with E-state index in [0.29, 0.717) is 11.6 Å². The number of halogens is 2. The average molecular weight is 402 g/mol. The zero-order valence-electron chi connectivity index (χ0n) is 10.6. The summed E-state index contributed by atoms with van der Waals surface area (Å²) < 4.78 is 6.18. The van der Waals surface area contributed by atoms with Gasteiger partial charge in [0.15, 0.2) is 0 Å². The molecule has 104 valence electrons. The Bertz CT molecular complexity index is 590. The summed E-state index contributed by atoms with van der Waals surface area (Å²) in [4.78, 5) is 11.6. The predicted molar refractivity (Wildman–Crippen MR) is 87.6 cm³/mol.